The van der Waals surface area contributed by atoms with Crippen LogP contribution in [-0.4, -0.2) is 20.7 Å². The van der Waals surface area contributed by atoms with Crippen LogP contribution in [-0.2, 0) is 7.05 Å². The van der Waals surface area contributed by atoms with E-state index in [1.165, 1.54) is 4.68 Å². The molecule has 0 atom stereocenters. The second-order valence-electron chi connectivity index (χ2n) is 4.84. The number of rotatable bonds is 2. The van der Waals surface area contributed by atoms with Gasteiger partial charge in [0, 0.05) is 12.7 Å². The van der Waals surface area contributed by atoms with Gasteiger partial charge in [0.15, 0.2) is 0 Å². The number of carbonyl (C=O) groups is 1. The summed E-state index contributed by atoms with van der Waals surface area (Å²) < 4.78 is 2.54. The first-order chi connectivity index (χ1) is 9.95. The minimum absolute atomic E-state index is 0.267. The molecule has 108 valence electrons. The van der Waals surface area contributed by atoms with E-state index in [0.717, 1.165) is 20.9 Å². The van der Waals surface area contributed by atoms with E-state index in [4.69, 9.17) is 5.73 Å². The van der Waals surface area contributed by atoms with Crippen LogP contribution < -0.4 is 11.1 Å². The van der Waals surface area contributed by atoms with Crippen LogP contribution in [0.2, 0.25) is 0 Å². The molecule has 3 N–H and O–H groups in total. The molecule has 0 aliphatic heterocycles. The third-order valence-electron chi connectivity index (χ3n) is 3.24. The molecule has 3 aromatic rings. The van der Waals surface area contributed by atoms with Crippen molar-refractivity contribution in [1.82, 2.24) is 14.8 Å². The Bertz CT molecular complexity index is 849. The van der Waals surface area contributed by atoms with Crippen molar-refractivity contribution in [3.05, 3.63) is 34.6 Å². The Balaban J connectivity index is 1.92. The number of nitrogen functional groups attached to an aromatic ring is 1. The van der Waals surface area contributed by atoms with Crippen LogP contribution in [0.1, 0.15) is 21.2 Å². The molecular formula is C14H15N5OS. The first kappa shape index (κ1) is 13.6. The molecule has 0 saturated heterocycles. The number of aromatic nitrogens is 3. The van der Waals surface area contributed by atoms with Gasteiger partial charge in [-0.15, -0.1) is 11.3 Å². The molecule has 2 heterocycles. The molecule has 0 aliphatic carbocycles. The quantitative estimate of drug-likeness (QED) is 0.761. The zero-order valence-corrected chi connectivity index (χ0v) is 12.8. The fourth-order valence-corrected chi connectivity index (χ4v) is 3.12. The maximum Gasteiger partial charge on any atom is 0.276 e. The molecule has 0 unspecified atom stereocenters. The minimum Gasteiger partial charge on any atom is -0.395 e. The van der Waals surface area contributed by atoms with Crippen molar-refractivity contribution in [2.24, 2.45) is 7.05 Å². The molecule has 3 rings (SSSR count). The summed E-state index contributed by atoms with van der Waals surface area (Å²) in [5.74, 6) is -0.267. The molecule has 0 fully saturated rings. The molecule has 2 aromatic heterocycles. The summed E-state index contributed by atoms with van der Waals surface area (Å²) in [5.41, 5.74) is 8.98. The predicted molar refractivity (Wildman–Crippen MR) is 84.7 cm³/mol. The van der Waals surface area contributed by atoms with E-state index in [1.54, 1.807) is 25.3 Å². The number of amides is 1. The lowest BCUT2D eigenvalue weighted by molar-refractivity contribution is 0.101. The Hall–Kier alpha value is -2.41. The van der Waals surface area contributed by atoms with Gasteiger partial charge in [-0.25, -0.2) is 4.98 Å². The van der Waals surface area contributed by atoms with Crippen molar-refractivity contribution >= 4 is 38.8 Å². The smallest absolute Gasteiger partial charge is 0.276 e. The number of hydrogen-bond acceptors (Lipinski definition) is 5. The summed E-state index contributed by atoms with van der Waals surface area (Å²) in [4.78, 5) is 16.7. The van der Waals surface area contributed by atoms with Crippen molar-refractivity contribution in [1.29, 1.82) is 0 Å². The van der Waals surface area contributed by atoms with Crippen molar-refractivity contribution in [3.63, 3.8) is 0 Å². The van der Waals surface area contributed by atoms with E-state index < -0.39 is 0 Å². The van der Waals surface area contributed by atoms with Gasteiger partial charge in [-0.2, -0.15) is 5.10 Å². The van der Waals surface area contributed by atoms with Gasteiger partial charge in [0.2, 0.25) is 0 Å². The zero-order chi connectivity index (χ0) is 15.1. The second-order valence-corrected chi connectivity index (χ2v) is 6.08. The zero-order valence-electron chi connectivity index (χ0n) is 12.0. The molecule has 0 spiro atoms. The van der Waals surface area contributed by atoms with Crippen molar-refractivity contribution in [2.75, 3.05) is 11.1 Å². The molecule has 6 nitrogen and oxygen atoms in total. The van der Waals surface area contributed by atoms with Crippen LogP contribution in [0.25, 0.3) is 10.2 Å². The van der Waals surface area contributed by atoms with Crippen molar-refractivity contribution in [2.45, 2.75) is 13.8 Å². The summed E-state index contributed by atoms with van der Waals surface area (Å²) in [6.45, 7) is 3.74. The number of fused-ring (bicyclic) bond motifs is 1. The Morgan fingerprint density at radius 3 is 2.81 bits per heavy atom. The Morgan fingerprint density at radius 2 is 2.14 bits per heavy atom. The SMILES string of the molecule is Cc1nc2ccc(NC(=O)c3c(N)c(C)nn3C)cc2s1. The van der Waals surface area contributed by atoms with E-state index in [9.17, 15) is 4.79 Å². The van der Waals surface area contributed by atoms with Crippen LogP contribution >= 0.6 is 11.3 Å². The molecule has 0 bridgehead atoms. The number of nitrogens with one attached hydrogen (secondary N) is 1. The maximum atomic E-state index is 12.3. The van der Waals surface area contributed by atoms with Gasteiger partial charge in [0.25, 0.3) is 5.91 Å². The van der Waals surface area contributed by atoms with Crippen molar-refractivity contribution in [3.8, 4) is 0 Å². The molecule has 1 amide bonds. The first-order valence-corrected chi connectivity index (χ1v) is 7.25. The van der Waals surface area contributed by atoms with Gasteiger partial charge in [0.1, 0.15) is 5.69 Å². The summed E-state index contributed by atoms with van der Waals surface area (Å²) in [7, 11) is 1.70. The average molecular weight is 301 g/mol. The number of anilines is 2. The van der Waals surface area contributed by atoms with E-state index in [1.807, 2.05) is 25.1 Å². The fourth-order valence-electron chi connectivity index (χ4n) is 2.25. The lowest BCUT2D eigenvalue weighted by Crippen LogP contribution is -2.17. The van der Waals surface area contributed by atoms with E-state index in [0.29, 0.717) is 17.1 Å². The minimum atomic E-state index is -0.267. The molecule has 21 heavy (non-hydrogen) atoms. The third kappa shape index (κ3) is 2.36. The molecule has 1 aromatic carbocycles. The van der Waals surface area contributed by atoms with E-state index in [2.05, 4.69) is 15.4 Å². The number of nitrogens with zero attached hydrogens (tertiary/aromatic N) is 3. The number of hydrogen-bond donors (Lipinski definition) is 2. The monoisotopic (exact) mass is 301 g/mol. The largest absolute Gasteiger partial charge is 0.395 e. The van der Waals surface area contributed by atoms with Gasteiger partial charge < -0.3 is 11.1 Å². The van der Waals surface area contributed by atoms with Gasteiger partial charge in [-0.1, -0.05) is 0 Å². The summed E-state index contributed by atoms with van der Waals surface area (Å²) in [5, 5.41) is 8.00. The van der Waals surface area contributed by atoms with Crippen LogP contribution in [0.5, 0.6) is 0 Å². The van der Waals surface area contributed by atoms with Gasteiger partial charge in [0.05, 0.1) is 26.6 Å². The van der Waals surface area contributed by atoms with Gasteiger partial charge in [-0.3, -0.25) is 9.48 Å². The lowest BCUT2D eigenvalue weighted by atomic mass is 10.2. The number of carbonyl (C=O) groups excluding carboxylic acids is 1. The molecule has 0 radical (unpaired) electrons. The average Bonchev–Trinajstić information content (AvgIpc) is 2.88. The standard InChI is InChI=1S/C14H15N5OS/c1-7-12(15)13(19(3)18-7)14(20)17-9-4-5-10-11(6-9)21-8(2)16-10/h4-6H,15H2,1-3H3,(H,17,20). The molecule has 0 aliphatic rings. The maximum absolute atomic E-state index is 12.3. The van der Waals surface area contributed by atoms with E-state index in [-0.39, 0.29) is 5.91 Å². The molecule has 7 heteroatoms. The van der Waals surface area contributed by atoms with Crippen LogP contribution in [0.3, 0.4) is 0 Å². The second kappa shape index (κ2) is 4.85. The highest BCUT2D eigenvalue weighted by Crippen LogP contribution is 2.25. The van der Waals surface area contributed by atoms with Crippen LogP contribution in [0.15, 0.2) is 18.2 Å². The Morgan fingerprint density at radius 1 is 1.38 bits per heavy atom. The summed E-state index contributed by atoms with van der Waals surface area (Å²) in [6, 6.07) is 5.64. The van der Waals surface area contributed by atoms with Gasteiger partial charge >= 0.3 is 0 Å². The number of benzene rings is 1. The third-order valence-corrected chi connectivity index (χ3v) is 4.17. The Labute approximate surface area is 125 Å². The van der Waals surface area contributed by atoms with Crippen molar-refractivity contribution < 1.29 is 4.79 Å². The normalized spacial score (nSPS) is 11.0. The van der Waals surface area contributed by atoms with Crippen LogP contribution in [0.4, 0.5) is 11.4 Å². The highest BCUT2D eigenvalue weighted by molar-refractivity contribution is 7.18. The van der Waals surface area contributed by atoms with Gasteiger partial charge in [-0.05, 0) is 32.0 Å². The highest BCUT2D eigenvalue weighted by Gasteiger charge is 2.18. The molecule has 0 saturated carbocycles. The summed E-state index contributed by atoms with van der Waals surface area (Å²) >= 11 is 1.59. The molecular weight excluding hydrogens is 286 g/mol. The van der Waals surface area contributed by atoms with E-state index >= 15 is 0 Å². The topological polar surface area (TPSA) is 85.8 Å². The fraction of sp³-hybridized carbons (Fsp3) is 0.214. The Kier molecular flexibility index (Phi) is 3.13. The number of aryl methyl sites for hydroxylation is 3. The number of thiazole rings is 1. The summed E-state index contributed by atoms with van der Waals surface area (Å²) in [6.07, 6.45) is 0. The first-order valence-electron chi connectivity index (χ1n) is 6.43. The lowest BCUT2D eigenvalue weighted by Gasteiger charge is -2.06. The predicted octanol–water partition coefficient (Wildman–Crippen LogP) is 2.48. The number of nitrogens with two attached hydrogens (primary N) is 1. The van der Waals surface area contributed by atoms with Crippen LogP contribution in [0, 0.1) is 13.8 Å². The highest BCUT2D eigenvalue weighted by atomic mass is 32.1.